The Labute approximate surface area is 131 Å². The van der Waals surface area contributed by atoms with Gasteiger partial charge in [-0.2, -0.15) is 12.7 Å². The molecule has 0 radical (unpaired) electrons. The van der Waals surface area contributed by atoms with Crippen molar-refractivity contribution in [2.45, 2.75) is 20.3 Å². The molecule has 120 valence electrons. The number of aromatic nitrogens is 2. The summed E-state index contributed by atoms with van der Waals surface area (Å²) in [6, 6.07) is 9.89. The van der Waals surface area contributed by atoms with E-state index in [0.717, 1.165) is 17.1 Å². The highest BCUT2D eigenvalue weighted by molar-refractivity contribution is 7.87. The van der Waals surface area contributed by atoms with Crippen molar-refractivity contribution < 1.29 is 8.42 Å². The van der Waals surface area contributed by atoms with Crippen LogP contribution in [0.4, 0.5) is 0 Å². The van der Waals surface area contributed by atoms with Gasteiger partial charge in [-0.15, -0.1) is 0 Å². The van der Waals surface area contributed by atoms with Gasteiger partial charge in [0.1, 0.15) is 5.82 Å². The van der Waals surface area contributed by atoms with Crippen LogP contribution in [0.3, 0.4) is 0 Å². The van der Waals surface area contributed by atoms with E-state index in [2.05, 4.69) is 14.7 Å². The third kappa shape index (κ3) is 4.16. The Bertz CT molecular complexity index is 679. The first-order chi connectivity index (χ1) is 10.6. The van der Waals surface area contributed by atoms with Crippen molar-refractivity contribution in [3.63, 3.8) is 0 Å². The van der Waals surface area contributed by atoms with Crippen LogP contribution in [0.1, 0.15) is 19.7 Å². The summed E-state index contributed by atoms with van der Waals surface area (Å²) in [5, 5.41) is 0. The van der Waals surface area contributed by atoms with Crippen LogP contribution >= 0.6 is 0 Å². The van der Waals surface area contributed by atoms with Gasteiger partial charge in [-0.3, -0.25) is 0 Å². The topological polar surface area (TPSA) is 78.1 Å². The van der Waals surface area contributed by atoms with Crippen LogP contribution in [0.2, 0.25) is 0 Å². The second-order valence-electron chi connectivity index (χ2n) is 4.84. The third-order valence-electron chi connectivity index (χ3n) is 3.40. The number of imidazole rings is 1. The number of hydrogen-bond donors (Lipinski definition) is 2. The molecule has 0 aliphatic carbocycles. The highest BCUT2D eigenvalue weighted by Crippen LogP contribution is 2.16. The molecule has 0 fully saturated rings. The standard InChI is InChI=1S/C15H22N4O2S/c1-3-19(4-2)22(20,21)17-11-10-15-16-12-14(18-15)13-8-6-5-7-9-13/h5-9,12,17H,3-4,10-11H2,1-2H3,(H,16,18). The summed E-state index contributed by atoms with van der Waals surface area (Å²) in [5.41, 5.74) is 1.99. The molecule has 0 spiro atoms. The van der Waals surface area contributed by atoms with E-state index < -0.39 is 10.2 Å². The van der Waals surface area contributed by atoms with Crippen molar-refractivity contribution >= 4 is 10.2 Å². The van der Waals surface area contributed by atoms with Crippen molar-refractivity contribution in [3.05, 3.63) is 42.4 Å². The van der Waals surface area contributed by atoms with Crippen LogP contribution in [0, 0.1) is 0 Å². The molecule has 2 rings (SSSR count). The number of benzene rings is 1. The summed E-state index contributed by atoms with van der Waals surface area (Å²) in [4.78, 5) is 7.51. The first-order valence-corrected chi connectivity index (χ1v) is 8.85. The van der Waals surface area contributed by atoms with Gasteiger partial charge in [-0.05, 0) is 5.56 Å². The lowest BCUT2D eigenvalue weighted by molar-refractivity contribution is 0.435. The van der Waals surface area contributed by atoms with Crippen LogP contribution < -0.4 is 4.72 Å². The van der Waals surface area contributed by atoms with Crippen molar-refractivity contribution in [1.82, 2.24) is 19.0 Å². The fourth-order valence-electron chi connectivity index (χ4n) is 2.21. The smallest absolute Gasteiger partial charge is 0.279 e. The fraction of sp³-hybridized carbons (Fsp3) is 0.400. The molecule has 1 aromatic heterocycles. The average molecular weight is 322 g/mol. The lowest BCUT2D eigenvalue weighted by atomic mass is 10.2. The molecular weight excluding hydrogens is 300 g/mol. The molecule has 0 bridgehead atoms. The van der Waals surface area contributed by atoms with Gasteiger partial charge < -0.3 is 4.98 Å². The monoisotopic (exact) mass is 322 g/mol. The Kier molecular flexibility index (Phi) is 5.70. The van der Waals surface area contributed by atoms with Crippen molar-refractivity contribution in [1.29, 1.82) is 0 Å². The minimum Gasteiger partial charge on any atom is -0.342 e. The molecule has 0 unspecified atom stereocenters. The molecule has 2 N–H and O–H groups in total. The molecule has 0 aliphatic rings. The molecule has 1 heterocycles. The van der Waals surface area contributed by atoms with E-state index in [1.54, 1.807) is 6.20 Å². The van der Waals surface area contributed by atoms with E-state index >= 15 is 0 Å². The second kappa shape index (κ2) is 7.53. The van der Waals surface area contributed by atoms with Crippen molar-refractivity contribution in [3.8, 4) is 11.3 Å². The van der Waals surface area contributed by atoms with Gasteiger partial charge in [0.25, 0.3) is 10.2 Å². The average Bonchev–Trinajstić information content (AvgIpc) is 2.98. The number of rotatable bonds is 8. The van der Waals surface area contributed by atoms with Crippen molar-refractivity contribution in [2.75, 3.05) is 19.6 Å². The molecule has 1 aromatic carbocycles. The first kappa shape index (κ1) is 16.7. The number of nitrogens with zero attached hydrogens (tertiary/aromatic N) is 2. The van der Waals surface area contributed by atoms with Gasteiger partial charge in [0.2, 0.25) is 0 Å². The molecule has 0 atom stereocenters. The molecule has 6 nitrogen and oxygen atoms in total. The zero-order valence-electron chi connectivity index (χ0n) is 12.9. The van der Waals surface area contributed by atoms with Gasteiger partial charge in [-0.1, -0.05) is 44.2 Å². The maximum atomic E-state index is 12.0. The second-order valence-corrected chi connectivity index (χ2v) is 6.60. The van der Waals surface area contributed by atoms with E-state index in [-0.39, 0.29) is 0 Å². The van der Waals surface area contributed by atoms with Crippen LogP contribution in [0.5, 0.6) is 0 Å². The molecule has 0 amide bonds. The Morgan fingerprint density at radius 3 is 2.50 bits per heavy atom. The summed E-state index contributed by atoms with van der Waals surface area (Å²) in [7, 11) is -3.40. The Balaban J connectivity index is 1.92. The zero-order chi connectivity index (χ0) is 16.0. The Morgan fingerprint density at radius 1 is 1.18 bits per heavy atom. The maximum Gasteiger partial charge on any atom is 0.279 e. The molecule has 22 heavy (non-hydrogen) atoms. The summed E-state index contributed by atoms with van der Waals surface area (Å²) in [5.74, 6) is 0.765. The fourth-order valence-corrected chi connectivity index (χ4v) is 3.43. The highest BCUT2D eigenvalue weighted by Gasteiger charge is 2.17. The minimum absolute atomic E-state index is 0.320. The van der Waals surface area contributed by atoms with Crippen LogP contribution in [-0.4, -0.2) is 42.3 Å². The summed E-state index contributed by atoms with van der Waals surface area (Å²) in [6.45, 7) is 4.89. The van der Waals surface area contributed by atoms with Gasteiger partial charge >= 0.3 is 0 Å². The van der Waals surface area contributed by atoms with E-state index in [1.165, 1.54) is 4.31 Å². The van der Waals surface area contributed by atoms with E-state index in [0.29, 0.717) is 26.1 Å². The third-order valence-corrected chi connectivity index (χ3v) is 5.17. The zero-order valence-corrected chi connectivity index (χ0v) is 13.7. The van der Waals surface area contributed by atoms with Crippen LogP contribution in [0.15, 0.2) is 36.5 Å². The minimum atomic E-state index is -3.40. The van der Waals surface area contributed by atoms with Gasteiger partial charge in [0.15, 0.2) is 0 Å². The summed E-state index contributed by atoms with van der Waals surface area (Å²) >= 11 is 0. The van der Waals surface area contributed by atoms with E-state index in [1.807, 2.05) is 44.2 Å². The molecule has 7 heteroatoms. The van der Waals surface area contributed by atoms with Crippen LogP contribution in [-0.2, 0) is 16.6 Å². The number of hydrogen-bond acceptors (Lipinski definition) is 3. The normalized spacial score (nSPS) is 12.0. The first-order valence-electron chi connectivity index (χ1n) is 7.40. The lowest BCUT2D eigenvalue weighted by Gasteiger charge is -2.18. The lowest BCUT2D eigenvalue weighted by Crippen LogP contribution is -2.41. The summed E-state index contributed by atoms with van der Waals surface area (Å²) in [6.07, 6.45) is 2.29. The molecule has 2 aromatic rings. The SMILES string of the molecule is CCN(CC)S(=O)(=O)NCCc1ncc(-c2ccccc2)[nH]1. The highest BCUT2D eigenvalue weighted by atomic mass is 32.2. The molecular formula is C15H22N4O2S. The Morgan fingerprint density at radius 2 is 1.86 bits per heavy atom. The Hall–Kier alpha value is -1.70. The van der Waals surface area contributed by atoms with Gasteiger partial charge in [0.05, 0.1) is 11.9 Å². The van der Waals surface area contributed by atoms with Crippen LogP contribution in [0.25, 0.3) is 11.3 Å². The molecule has 0 saturated carbocycles. The number of H-pyrrole nitrogens is 1. The number of aromatic amines is 1. The van der Waals surface area contributed by atoms with E-state index in [4.69, 9.17) is 0 Å². The van der Waals surface area contributed by atoms with Gasteiger partial charge in [-0.25, -0.2) is 9.71 Å². The van der Waals surface area contributed by atoms with Gasteiger partial charge in [0, 0.05) is 26.1 Å². The molecule has 0 saturated heterocycles. The van der Waals surface area contributed by atoms with E-state index in [9.17, 15) is 8.42 Å². The largest absolute Gasteiger partial charge is 0.342 e. The predicted molar refractivity (Wildman–Crippen MR) is 87.6 cm³/mol. The quantitative estimate of drug-likeness (QED) is 0.778. The maximum absolute atomic E-state index is 12.0. The van der Waals surface area contributed by atoms with Crippen molar-refractivity contribution in [2.24, 2.45) is 0 Å². The molecule has 0 aliphatic heterocycles. The summed E-state index contributed by atoms with van der Waals surface area (Å²) < 4.78 is 28.0. The predicted octanol–water partition coefficient (Wildman–Crippen LogP) is 1.80. The number of nitrogens with one attached hydrogen (secondary N) is 2.